The number of hydrogen-bond donors (Lipinski definition) is 2. The first-order chi connectivity index (χ1) is 16.3. The summed E-state index contributed by atoms with van der Waals surface area (Å²) < 4.78 is 0. The van der Waals surface area contributed by atoms with Gasteiger partial charge in [0, 0.05) is 65.4 Å². The molecule has 1 saturated heterocycles. The van der Waals surface area contributed by atoms with Crippen LogP contribution in [0.4, 0.5) is 0 Å². The maximum absolute atomic E-state index is 11.3. The zero-order chi connectivity index (χ0) is 24.5. The van der Waals surface area contributed by atoms with E-state index < -0.39 is 11.9 Å². The van der Waals surface area contributed by atoms with Crippen LogP contribution in [0.3, 0.4) is 0 Å². The molecule has 2 N–H and O–H groups in total. The Hall–Kier alpha value is -2.92. The van der Waals surface area contributed by atoms with E-state index in [2.05, 4.69) is 43.7 Å². The minimum absolute atomic E-state index is 0.0737. The van der Waals surface area contributed by atoms with Gasteiger partial charge in [-0.1, -0.05) is 12.1 Å². The van der Waals surface area contributed by atoms with Crippen LogP contribution < -0.4 is 0 Å². The first kappa shape index (κ1) is 25.7. The molecule has 0 saturated carbocycles. The second-order valence-electron chi connectivity index (χ2n) is 8.80. The molecule has 2 aromatic rings. The third-order valence-electron chi connectivity index (χ3n) is 6.01. The van der Waals surface area contributed by atoms with E-state index in [1.807, 2.05) is 12.1 Å². The highest BCUT2D eigenvalue weighted by Gasteiger charge is 2.16. The molecular weight excluding hydrogens is 436 g/mol. The fourth-order valence-corrected chi connectivity index (χ4v) is 3.84. The van der Waals surface area contributed by atoms with Gasteiger partial charge in [-0.25, -0.2) is 19.6 Å². The number of carboxylic acid groups (broad SMARTS) is 2. The molecule has 34 heavy (non-hydrogen) atoms. The number of likely N-dealkylation sites (N-methyl/N-ethyl adjacent to an activating group) is 2. The van der Waals surface area contributed by atoms with Gasteiger partial charge in [0.05, 0.1) is 11.4 Å². The van der Waals surface area contributed by atoms with E-state index in [0.717, 1.165) is 63.7 Å². The lowest BCUT2D eigenvalue weighted by atomic mass is 10.2. The number of nitrogens with zero attached hydrogens (tertiary/aromatic N) is 6. The van der Waals surface area contributed by atoms with Crippen LogP contribution in [0.5, 0.6) is 0 Å². The molecule has 10 nitrogen and oxygen atoms in total. The van der Waals surface area contributed by atoms with Gasteiger partial charge < -0.3 is 20.0 Å². The highest BCUT2D eigenvalue weighted by Crippen LogP contribution is 2.08. The SMILES string of the molecule is CN1CCN(Cc2cccc(C(=O)O)n2)CCN(C)CCN(Cc2cccc(C(=O)O)n2)CC1. The van der Waals surface area contributed by atoms with E-state index in [4.69, 9.17) is 0 Å². The summed E-state index contributed by atoms with van der Waals surface area (Å²) in [5.41, 5.74) is 1.67. The van der Waals surface area contributed by atoms with Crippen molar-refractivity contribution in [2.75, 3.05) is 66.5 Å². The van der Waals surface area contributed by atoms with Crippen LogP contribution in [0.15, 0.2) is 36.4 Å². The minimum atomic E-state index is -1.01. The van der Waals surface area contributed by atoms with E-state index >= 15 is 0 Å². The lowest BCUT2D eigenvalue weighted by Crippen LogP contribution is -2.44. The van der Waals surface area contributed by atoms with Gasteiger partial charge >= 0.3 is 11.9 Å². The fourth-order valence-electron chi connectivity index (χ4n) is 3.84. The van der Waals surface area contributed by atoms with E-state index in [9.17, 15) is 19.8 Å². The summed E-state index contributed by atoms with van der Waals surface area (Å²) in [6, 6.07) is 10.3. The van der Waals surface area contributed by atoms with E-state index in [1.165, 1.54) is 12.1 Å². The molecule has 0 unspecified atom stereocenters. The summed E-state index contributed by atoms with van der Waals surface area (Å²) in [4.78, 5) is 40.3. The van der Waals surface area contributed by atoms with Crippen LogP contribution in [0, 0.1) is 0 Å². The van der Waals surface area contributed by atoms with Crippen molar-refractivity contribution in [1.29, 1.82) is 0 Å². The smallest absolute Gasteiger partial charge is 0.354 e. The number of pyridine rings is 2. The molecule has 0 aromatic carbocycles. The summed E-state index contributed by atoms with van der Waals surface area (Å²) in [6.07, 6.45) is 0. The molecule has 0 radical (unpaired) electrons. The highest BCUT2D eigenvalue weighted by atomic mass is 16.4. The molecule has 0 bridgehead atoms. The molecule has 184 valence electrons. The predicted molar refractivity (Wildman–Crippen MR) is 128 cm³/mol. The molecule has 1 aliphatic rings. The van der Waals surface area contributed by atoms with Crippen LogP contribution >= 0.6 is 0 Å². The largest absolute Gasteiger partial charge is 0.477 e. The van der Waals surface area contributed by atoms with Crippen LogP contribution in [-0.2, 0) is 13.1 Å². The maximum atomic E-state index is 11.3. The standard InChI is InChI=1S/C24H34N6O4/c1-27-9-13-29(17-19-5-3-7-21(25-19)23(31)32)15-11-28(2)12-16-30(14-10-27)18-20-6-4-8-22(26-20)24(33)34/h3-8H,9-18H2,1-2H3,(H,31,32)(H,33,34). The molecule has 1 aliphatic heterocycles. The van der Waals surface area contributed by atoms with Gasteiger partial charge in [0.2, 0.25) is 0 Å². The Balaban J connectivity index is 1.61. The number of aromatic nitrogens is 2. The average Bonchev–Trinajstić information content (AvgIpc) is 2.82. The molecular formula is C24H34N6O4. The Morgan fingerprint density at radius 2 is 1.03 bits per heavy atom. The third kappa shape index (κ3) is 8.14. The first-order valence-electron chi connectivity index (χ1n) is 11.5. The zero-order valence-corrected chi connectivity index (χ0v) is 19.9. The van der Waals surface area contributed by atoms with Gasteiger partial charge in [-0.15, -0.1) is 0 Å². The molecule has 0 amide bonds. The summed E-state index contributed by atoms with van der Waals surface area (Å²) in [6.45, 7) is 8.15. The summed E-state index contributed by atoms with van der Waals surface area (Å²) in [5.74, 6) is -2.02. The Morgan fingerprint density at radius 1 is 0.676 bits per heavy atom. The number of aromatic carboxylic acids is 2. The van der Waals surface area contributed by atoms with Crippen molar-refractivity contribution in [2.24, 2.45) is 0 Å². The second-order valence-corrected chi connectivity index (χ2v) is 8.80. The number of carboxylic acids is 2. The van der Waals surface area contributed by atoms with Crippen molar-refractivity contribution < 1.29 is 19.8 Å². The van der Waals surface area contributed by atoms with Gasteiger partial charge in [0.25, 0.3) is 0 Å². The van der Waals surface area contributed by atoms with Crippen LogP contribution in [0.25, 0.3) is 0 Å². The van der Waals surface area contributed by atoms with Gasteiger partial charge in [0.1, 0.15) is 11.4 Å². The number of rotatable bonds is 6. The van der Waals surface area contributed by atoms with E-state index in [1.54, 1.807) is 12.1 Å². The van der Waals surface area contributed by atoms with Crippen molar-refractivity contribution >= 4 is 11.9 Å². The van der Waals surface area contributed by atoms with Crippen molar-refractivity contribution in [3.63, 3.8) is 0 Å². The summed E-state index contributed by atoms with van der Waals surface area (Å²) >= 11 is 0. The normalized spacial score (nSPS) is 18.2. The number of carbonyl (C=O) groups is 2. The Morgan fingerprint density at radius 3 is 1.35 bits per heavy atom. The lowest BCUT2D eigenvalue weighted by Gasteiger charge is -2.32. The van der Waals surface area contributed by atoms with E-state index in [-0.39, 0.29) is 11.4 Å². The minimum Gasteiger partial charge on any atom is -0.477 e. The molecule has 10 heteroatoms. The topological polar surface area (TPSA) is 113 Å². The van der Waals surface area contributed by atoms with Crippen molar-refractivity contribution in [2.45, 2.75) is 13.1 Å². The van der Waals surface area contributed by atoms with Crippen LogP contribution in [-0.4, -0.2) is 118 Å². The Kier molecular flexibility index (Phi) is 9.46. The summed E-state index contributed by atoms with van der Waals surface area (Å²) in [5, 5.41) is 18.4. The molecule has 0 atom stereocenters. The predicted octanol–water partition coefficient (Wildman–Crippen LogP) is 1.05. The Bertz CT molecular complexity index is 878. The molecule has 2 aromatic heterocycles. The monoisotopic (exact) mass is 470 g/mol. The first-order valence-corrected chi connectivity index (χ1v) is 11.5. The fraction of sp³-hybridized carbons (Fsp3) is 0.500. The van der Waals surface area contributed by atoms with Crippen LogP contribution in [0.2, 0.25) is 0 Å². The average molecular weight is 471 g/mol. The van der Waals surface area contributed by atoms with Gasteiger partial charge in [-0.2, -0.15) is 0 Å². The second kappa shape index (κ2) is 12.5. The van der Waals surface area contributed by atoms with Gasteiger partial charge in [-0.05, 0) is 38.4 Å². The molecule has 3 heterocycles. The summed E-state index contributed by atoms with van der Waals surface area (Å²) in [7, 11) is 4.20. The van der Waals surface area contributed by atoms with Crippen molar-refractivity contribution in [3.8, 4) is 0 Å². The lowest BCUT2D eigenvalue weighted by molar-refractivity contribution is 0.0679. The molecule has 1 fully saturated rings. The highest BCUT2D eigenvalue weighted by molar-refractivity contribution is 5.85. The third-order valence-corrected chi connectivity index (χ3v) is 6.01. The van der Waals surface area contributed by atoms with Crippen molar-refractivity contribution in [1.82, 2.24) is 29.6 Å². The molecule has 3 rings (SSSR count). The van der Waals surface area contributed by atoms with Gasteiger partial charge in [0.15, 0.2) is 0 Å². The van der Waals surface area contributed by atoms with E-state index in [0.29, 0.717) is 13.1 Å². The maximum Gasteiger partial charge on any atom is 0.354 e. The quantitative estimate of drug-likeness (QED) is 0.635. The number of hydrogen-bond acceptors (Lipinski definition) is 8. The van der Waals surface area contributed by atoms with Crippen molar-refractivity contribution in [3.05, 3.63) is 59.2 Å². The zero-order valence-electron chi connectivity index (χ0n) is 19.9. The molecule has 0 spiro atoms. The van der Waals surface area contributed by atoms with Gasteiger partial charge in [-0.3, -0.25) is 9.80 Å². The molecule has 0 aliphatic carbocycles. The Labute approximate surface area is 200 Å². The van der Waals surface area contributed by atoms with Crippen LogP contribution in [0.1, 0.15) is 32.4 Å².